The zero-order valence-corrected chi connectivity index (χ0v) is 8.94. The number of nitrogens with one attached hydrogen (secondary N) is 1. The van der Waals surface area contributed by atoms with E-state index in [1.54, 1.807) is 0 Å². The van der Waals surface area contributed by atoms with E-state index in [1.807, 2.05) is 0 Å². The molecule has 2 rings (SSSR count). The Labute approximate surface area is 91.3 Å². The lowest BCUT2D eigenvalue weighted by Gasteiger charge is -2.29. The number of carboxylic acids is 1. The zero-order valence-electron chi connectivity index (χ0n) is 8.12. The number of aromatic nitrogens is 2. The van der Waals surface area contributed by atoms with Gasteiger partial charge in [0, 0.05) is 6.42 Å². The number of hydrogen-bond acceptors (Lipinski definition) is 4. The number of carboxylic acid groups (broad SMARTS) is 1. The van der Waals surface area contributed by atoms with E-state index >= 15 is 0 Å². The van der Waals surface area contributed by atoms with Crippen LogP contribution in [-0.2, 0) is 28.0 Å². The quantitative estimate of drug-likeness (QED) is 0.580. The Morgan fingerprint density at radius 3 is 2.94 bits per heavy atom. The molecule has 1 unspecified atom stereocenters. The van der Waals surface area contributed by atoms with Gasteiger partial charge < -0.3 is 10.1 Å². The van der Waals surface area contributed by atoms with Gasteiger partial charge in [-0.25, -0.2) is 10.1 Å². The Balaban J connectivity index is 2.42. The second-order valence-corrected chi connectivity index (χ2v) is 4.98. The highest BCUT2D eigenvalue weighted by molar-refractivity contribution is 7.86. The fraction of sp³-hybridized carbons (Fsp3) is 0.429. The maximum atomic E-state index is 11.2. The fourth-order valence-corrected chi connectivity index (χ4v) is 2.52. The first-order valence-corrected chi connectivity index (χ1v) is 5.93. The number of aliphatic carboxylic acids is 1. The minimum absolute atomic E-state index is 0.0184. The van der Waals surface area contributed by atoms with Gasteiger partial charge in [0.05, 0.1) is 24.3 Å². The third kappa shape index (κ3) is 1.79. The molecule has 1 aromatic rings. The van der Waals surface area contributed by atoms with E-state index in [-0.39, 0.29) is 13.0 Å². The molecule has 0 fully saturated rings. The molecule has 1 aliphatic rings. The van der Waals surface area contributed by atoms with Crippen LogP contribution in [0.15, 0.2) is 6.33 Å². The molecule has 9 heteroatoms. The van der Waals surface area contributed by atoms with Gasteiger partial charge in [-0.1, -0.05) is 0 Å². The van der Waals surface area contributed by atoms with Gasteiger partial charge >= 0.3 is 5.97 Å². The molecule has 8 nitrogen and oxygen atoms in total. The first kappa shape index (κ1) is 11.0. The molecule has 0 saturated carbocycles. The largest absolute Gasteiger partial charge is 0.480 e. The first-order valence-electron chi connectivity index (χ1n) is 4.43. The second-order valence-electron chi connectivity index (χ2n) is 3.48. The van der Waals surface area contributed by atoms with Crippen LogP contribution in [0.5, 0.6) is 0 Å². The highest BCUT2D eigenvalue weighted by Gasteiger charge is 2.38. The summed E-state index contributed by atoms with van der Waals surface area (Å²) in [6, 6.07) is -1.19. The van der Waals surface area contributed by atoms with Crippen molar-refractivity contribution in [2.45, 2.75) is 19.0 Å². The van der Waals surface area contributed by atoms with Crippen molar-refractivity contribution in [2.24, 2.45) is 5.14 Å². The summed E-state index contributed by atoms with van der Waals surface area (Å²) in [7, 11) is -4.04. The molecule has 1 aliphatic heterocycles. The molecule has 4 N–H and O–H groups in total. The van der Waals surface area contributed by atoms with Gasteiger partial charge in [-0.3, -0.25) is 4.79 Å². The molecule has 0 bridgehead atoms. The molecule has 0 amide bonds. The van der Waals surface area contributed by atoms with Gasteiger partial charge in [-0.2, -0.15) is 12.7 Å². The van der Waals surface area contributed by atoms with Crippen LogP contribution in [0.4, 0.5) is 0 Å². The summed E-state index contributed by atoms with van der Waals surface area (Å²) in [6.45, 7) is -0.0921. The SMILES string of the molecule is NS(=O)(=O)N1Cc2[nH]cnc2CC1C(=O)O. The van der Waals surface area contributed by atoms with Crippen molar-refractivity contribution in [3.05, 3.63) is 17.7 Å². The van der Waals surface area contributed by atoms with Crippen LogP contribution >= 0.6 is 0 Å². The summed E-state index contributed by atoms with van der Waals surface area (Å²) in [5.74, 6) is -1.23. The third-order valence-corrected chi connectivity index (χ3v) is 3.51. The Bertz CT molecular complexity index is 522. The first-order chi connectivity index (χ1) is 7.39. The lowest BCUT2D eigenvalue weighted by molar-refractivity contribution is -0.141. The molecule has 0 radical (unpaired) electrons. The summed E-state index contributed by atoms with van der Waals surface area (Å²) < 4.78 is 23.2. The number of carbonyl (C=O) groups is 1. The number of H-pyrrole nitrogens is 1. The fourth-order valence-electron chi connectivity index (χ4n) is 1.69. The number of aromatic amines is 1. The van der Waals surface area contributed by atoms with Crippen molar-refractivity contribution >= 4 is 16.2 Å². The molecule has 16 heavy (non-hydrogen) atoms. The molecule has 88 valence electrons. The average Bonchev–Trinajstić information content (AvgIpc) is 2.60. The maximum absolute atomic E-state index is 11.2. The Kier molecular flexibility index (Phi) is 2.45. The van der Waals surface area contributed by atoms with Crippen molar-refractivity contribution < 1.29 is 18.3 Å². The predicted molar refractivity (Wildman–Crippen MR) is 52.4 cm³/mol. The number of nitrogens with two attached hydrogens (primary N) is 1. The Hall–Kier alpha value is -1.45. The van der Waals surface area contributed by atoms with Crippen LogP contribution < -0.4 is 5.14 Å². The minimum Gasteiger partial charge on any atom is -0.480 e. The Morgan fingerprint density at radius 2 is 2.38 bits per heavy atom. The van der Waals surface area contributed by atoms with Gasteiger partial charge in [-0.05, 0) is 0 Å². The standard InChI is InChI=1S/C7H10N4O4S/c8-16(14,15)11-2-5-4(9-3-10-5)1-6(11)7(12)13/h3,6H,1-2H2,(H,9,10)(H,12,13)(H2,8,14,15). The normalized spacial score (nSPS) is 21.7. The third-order valence-electron chi connectivity index (χ3n) is 2.47. The smallest absolute Gasteiger partial charge is 0.322 e. The van der Waals surface area contributed by atoms with E-state index in [9.17, 15) is 13.2 Å². The molecule has 0 aliphatic carbocycles. The summed E-state index contributed by atoms with van der Waals surface area (Å²) in [5, 5.41) is 13.9. The molecule has 0 aromatic carbocycles. The van der Waals surface area contributed by atoms with Crippen LogP contribution in [0.25, 0.3) is 0 Å². The maximum Gasteiger partial charge on any atom is 0.322 e. The second kappa shape index (κ2) is 3.54. The number of fused-ring (bicyclic) bond motifs is 1. The molecular formula is C7H10N4O4S. The number of imidazole rings is 1. The minimum atomic E-state index is -4.04. The van der Waals surface area contributed by atoms with Gasteiger partial charge in [0.1, 0.15) is 6.04 Å². The van der Waals surface area contributed by atoms with Crippen molar-refractivity contribution in [1.82, 2.24) is 14.3 Å². The highest BCUT2D eigenvalue weighted by Crippen LogP contribution is 2.22. The van der Waals surface area contributed by atoms with E-state index in [0.29, 0.717) is 11.4 Å². The lowest BCUT2D eigenvalue weighted by atomic mass is 10.1. The van der Waals surface area contributed by atoms with Crippen molar-refractivity contribution in [3.8, 4) is 0 Å². The summed E-state index contributed by atoms with van der Waals surface area (Å²) in [6.07, 6.45) is 1.42. The number of hydrogen-bond donors (Lipinski definition) is 3. The van der Waals surface area contributed by atoms with E-state index in [1.165, 1.54) is 6.33 Å². The van der Waals surface area contributed by atoms with Crippen LogP contribution in [-0.4, -0.2) is 39.8 Å². The van der Waals surface area contributed by atoms with Gasteiger partial charge in [0.2, 0.25) is 0 Å². The summed E-state index contributed by atoms with van der Waals surface area (Å²) >= 11 is 0. The van der Waals surface area contributed by atoms with Crippen LogP contribution in [0.3, 0.4) is 0 Å². The number of rotatable bonds is 2. The van der Waals surface area contributed by atoms with Crippen molar-refractivity contribution in [3.63, 3.8) is 0 Å². The zero-order chi connectivity index (χ0) is 11.9. The van der Waals surface area contributed by atoms with Crippen LogP contribution in [0, 0.1) is 0 Å². The highest BCUT2D eigenvalue weighted by atomic mass is 32.2. The summed E-state index contributed by atoms with van der Waals surface area (Å²) in [5.41, 5.74) is 1.14. The topological polar surface area (TPSA) is 129 Å². The van der Waals surface area contributed by atoms with Crippen LogP contribution in [0.1, 0.15) is 11.4 Å². The van der Waals surface area contributed by atoms with E-state index < -0.39 is 22.2 Å². The van der Waals surface area contributed by atoms with E-state index in [0.717, 1.165) is 4.31 Å². The number of nitrogens with zero attached hydrogens (tertiary/aromatic N) is 2. The van der Waals surface area contributed by atoms with E-state index in [2.05, 4.69) is 9.97 Å². The summed E-state index contributed by atoms with van der Waals surface area (Å²) in [4.78, 5) is 17.6. The molecule has 1 atom stereocenters. The van der Waals surface area contributed by atoms with Crippen LogP contribution in [0.2, 0.25) is 0 Å². The Morgan fingerprint density at radius 1 is 1.69 bits per heavy atom. The average molecular weight is 246 g/mol. The van der Waals surface area contributed by atoms with Crippen molar-refractivity contribution in [1.29, 1.82) is 0 Å². The molecule has 0 spiro atoms. The van der Waals surface area contributed by atoms with Crippen molar-refractivity contribution in [2.75, 3.05) is 0 Å². The lowest BCUT2D eigenvalue weighted by Crippen LogP contribution is -2.51. The monoisotopic (exact) mass is 246 g/mol. The molecule has 0 saturated heterocycles. The molecular weight excluding hydrogens is 236 g/mol. The van der Waals surface area contributed by atoms with E-state index in [4.69, 9.17) is 10.2 Å². The van der Waals surface area contributed by atoms with Gasteiger partial charge in [0.25, 0.3) is 10.2 Å². The van der Waals surface area contributed by atoms with Gasteiger partial charge in [-0.15, -0.1) is 0 Å². The molecule has 1 aromatic heterocycles. The van der Waals surface area contributed by atoms with Gasteiger partial charge in [0.15, 0.2) is 0 Å². The predicted octanol–water partition coefficient (Wildman–Crippen LogP) is -1.58. The molecule has 2 heterocycles.